The molecule has 0 unspecified atom stereocenters. The van der Waals surface area contributed by atoms with E-state index in [1.807, 2.05) is 29.6 Å². The summed E-state index contributed by atoms with van der Waals surface area (Å²) >= 11 is 0. The zero-order valence-corrected chi connectivity index (χ0v) is 19.6. The Kier molecular flexibility index (Phi) is 5.17. The lowest BCUT2D eigenvalue weighted by molar-refractivity contribution is -0.118. The van der Waals surface area contributed by atoms with Crippen LogP contribution in [0.15, 0.2) is 60.9 Å². The number of halogens is 1. The Morgan fingerprint density at radius 1 is 1.06 bits per heavy atom. The molecule has 0 saturated heterocycles. The maximum absolute atomic E-state index is 13.4. The average molecular weight is 484 g/mol. The highest BCUT2D eigenvalue weighted by molar-refractivity contribution is 5.94. The van der Waals surface area contributed by atoms with Crippen LogP contribution in [0.4, 0.5) is 22.0 Å². The van der Waals surface area contributed by atoms with E-state index in [1.165, 1.54) is 12.1 Å². The van der Waals surface area contributed by atoms with Crippen molar-refractivity contribution in [1.29, 1.82) is 0 Å². The van der Waals surface area contributed by atoms with Crippen molar-refractivity contribution in [2.75, 3.05) is 17.3 Å². The lowest BCUT2D eigenvalue weighted by atomic mass is 9.95. The van der Waals surface area contributed by atoms with Crippen LogP contribution >= 0.6 is 0 Å². The Morgan fingerprint density at radius 3 is 2.67 bits per heavy atom. The van der Waals surface area contributed by atoms with Crippen LogP contribution in [0.2, 0.25) is 0 Å². The van der Waals surface area contributed by atoms with Gasteiger partial charge in [0.2, 0.25) is 11.9 Å². The van der Waals surface area contributed by atoms with E-state index in [-0.39, 0.29) is 24.1 Å². The van der Waals surface area contributed by atoms with Gasteiger partial charge in [-0.25, -0.2) is 14.4 Å². The number of nitrogens with one attached hydrogen (secondary N) is 1. The first-order valence-corrected chi connectivity index (χ1v) is 11.4. The fourth-order valence-corrected chi connectivity index (χ4v) is 4.51. The summed E-state index contributed by atoms with van der Waals surface area (Å²) in [5, 5.41) is 16.2. The molecule has 0 fully saturated rings. The van der Waals surface area contributed by atoms with E-state index < -0.39 is 0 Å². The van der Waals surface area contributed by atoms with Gasteiger partial charge in [0.05, 0.1) is 11.9 Å². The molecule has 0 saturated carbocycles. The van der Waals surface area contributed by atoms with E-state index in [0.29, 0.717) is 35.4 Å². The number of aryl methyl sites for hydroxylation is 1. The van der Waals surface area contributed by atoms with Crippen LogP contribution in [0.5, 0.6) is 0 Å². The molecule has 4 aromatic heterocycles. The monoisotopic (exact) mass is 483 g/mol. The van der Waals surface area contributed by atoms with Crippen LogP contribution in [-0.4, -0.2) is 47.3 Å². The van der Waals surface area contributed by atoms with E-state index in [4.69, 9.17) is 0 Å². The Morgan fingerprint density at radius 2 is 1.89 bits per heavy atom. The van der Waals surface area contributed by atoms with Crippen LogP contribution in [0, 0.1) is 5.82 Å². The number of nitrogens with zero attached hydrogens (tertiary/aromatic N) is 8. The Bertz CT molecular complexity index is 1590. The van der Waals surface area contributed by atoms with Crippen molar-refractivity contribution in [3.05, 3.63) is 78.1 Å². The second-order valence-electron chi connectivity index (χ2n) is 8.77. The Hall–Kier alpha value is -4.67. The second-order valence-corrected chi connectivity index (χ2v) is 8.77. The standard InChI is InChI=1S/C25H22FN9O/c1-33-22-13-16(19-7-9-27-25(29-19)30-20-8-10-28-34(20)2)12-21-31-32-24(35(21)22)17(14-23(33)36)11-15-3-5-18(26)6-4-15/h3-10,12-13,17H,11,14H2,1-2H3,(H,27,29,30)/t17-/m0/s1. The molecule has 180 valence electrons. The number of benzene rings is 1. The molecule has 5 heterocycles. The summed E-state index contributed by atoms with van der Waals surface area (Å²) < 4.78 is 17.0. The number of rotatable bonds is 5. The summed E-state index contributed by atoms with van der Waals surface area (Å²) in [5.74, 6) is 2.03. The highest BCUT2D eigenvalue weighted by Gasteiger charge is 2.30. The fourth-order valence-electron chi connectivity index (χ4n) is 4.51. The van der Waals surface area contributed by atoms with Crippen LogP contribution in [0.1, 0.15) is 23.7 Å². The maximum atomic E-state index is 13.4. The van der Waals surface area contributed by atoms with Crippen molar-refractivity contribution in [3.63, 3.8) is 0 Å². The predicted octanol–water partition coefficient (Wildman–Crippen LogP) is 3.50. The van der Waals surface area contributed by atoms with Gasteiger partial charge in [0.1, 0.15) is 23.3 Å². The molecule has 1 atom stereocenters. The molecule has 11 heteroatoms. The lowest BCUT2D eigenvalue weighted by Crippen LogP contribution is -2.27. The lowest BCUT2D eigenvalue weighted by Gasteiger charge is -2.17. The average Bonchev–Trinajstić information content (AvgIpc) is 3.47. The minimum absolute atomic E-state index is 0.0349. The van der Waals surface area contributed by atoms with Crippen LogP contribution in [0.25, 0.3) is 16.9 Å². The maximum Gasteiger partial charge on any atom is 0.228 e. The first-order valence-electron chi connectivity index (χ1n) is 11.4. The summed E-state index contributed by atoms with van der Waals surface area (Å²) in [4.78, 5) is 23.7. The zero-order chi connectivity index (χ0) is 24.8. The fraction of sp³-hybridized carbons (Fsp3) is 0.200. The van der Waals surface area contributed by atoms with Crippen LogP contribution in [-0.2, 0) is 18.3 Å². The third kappa shape index (κ3) is 3.84. The van der Waals surface area contributed by atoms with Gasteiger partial charge < -0.3 is 10.2 Å². The zero-order valence-electron chi connectivity index (χ0n) is 19.6. The summed E-state index contributed by atoms with van der Waals surface area (Å²) in [5.41, 5.74) is 3.00. The number of amides is 1. The van der Waals surface area contributed by atoms with Crippen molar-refractivity contribution in [3.8, 4) is 11.3 Å². The number of aromatic nitrogens is 7. The van der Waals surface area contributed by atoms with Crippen molar-refractivity contribution in [2.24, 2.45) is 7.05 Å². The van der Waals surface area contributed by atoms with Gasteiger partial charge in [-0.2, -0.15) is 5.10 Å². The number of carbonyl (C=O) groups excluding carboxylic acids is 1. The molecule has 1 N–H and O–H groups in total. The molecule has 1 aliphatic rings. The van der Waals surface area contributed by atoms with Crippen molar-refractivity contribution < 1.29 is 9.18 Å². The normalized spacial score (nSPS) is 15.4. The minimum Gasteiger partial charge on any atom is -0.309 e. The largest absolute Gasteiger partial charge is 0.309 e. The topological polar surface area (TPSA) is 106 Å². The third-order valence-electron chi connectivity index (χ3n) is 6.42. The van der Waals surface area contributed by atoms with Gasteiger partial charge in [-0.05, 0) is 42.3 Å². The van der Waals surface area contributed by atoms with Crippen molar-refractivity contribution in [1.82, 2.24) is 34.3 Å². The number of carbonyl (C=O) groups is 1. The van der Waals surface area contributed by atoms with Gasteiger partial charge >= 0.3 is 0 Å². The summed E-state index contributed by atoms with van der Waals surface area (Å²) in [7, 11) is 3.58. The molecule has 0 aliphatic carbocycles. The smallest absolute Gasteiger partial charge is 0.228 e. The molecule has 10 nitrogen and oxygen atoms in total. The first kappa shape index (κ1) is 21.8. The number of hydrogen-bond donors (Lipinski definition) is 1. The number of anilines is 3. The van der Waals surface area contributed by atoms with E-state index in [2.05, 4.69) is 30.6 Å². The predicted molar refractivity (Wildman–Crippen MR) is 131 cm³/mol. The van der Waals surface area contributed by atoms with Gasteiger partial charge in [-0.1, -0.05) is 12.1 Å². The molecular formula is C25H22FN9O. The van der Waals surface area contributed by atoms with Crippen LogP contribution in [0.3, 0.4) is 0 Å². The summed E-state index contributed by atoms with van der Waals surface area (Å²) in [6, 6.07) is 13.8. The highest BCUT2D eigenvalue weighted by atomic mass is 19.1. The Balaban J connectivity index is 1.40. The molecule has 1 aliphatic heterocycles. The van der Waals surface area contributed by atoms with Gasteiger partial charge in [0.25, 0.3) is 0 Å². The van der Waals surface area contributed by atoms with Crippen molar-refractivity contribution in [2.45, 2.75) is 18.8 Å². The highest BCUT2D eigenvalue weighted by Crippen LogP contribution is 2.34. The van der Waals surface area contributed by atoms with Crippen LogP contribution < -0.4 is 10.2 Å². The van der Waals surface area contributed by atoms with Crippen molar-refractivity contribution >= 4 is 29.1 Å². The summed E-state index contributed by atoms with van der Waals surface area (Å²) in [6.45, 7) is 0. The third-order valence-corrected chi connectivity index (χ3v) is 6.42. The quantitative estimate of drug-likeness (QED) is 0.408. The van der Waals surface area contributed by atoms with E-state index >= 15 is 0 Å². The minimum atomic E-state index is -0.290. The van der Waals surface area contributed by atoms with E-state index in [1.54, 1.807) is 47.2 Å². The Labute approximate surface area is 205 Å². The van der Waals surface area contributed by atoms with Gasteiger partial charge in [0, 0.05) is 44.3 Å². The molecule has 1 amide bonds. The molecule has 5 aromatic rings. The summed E-state index contributed by atoms with van der Waals surface area (Å²) in [6.07, 6.45) is 4.18. The number of pyridine rings is 1. The SMILES string of the molecule is CN1C(=O)C[C@H](Cc2ccc(F)cc2)c2nnc3cc(-c4ccnc(Nc5ccnn5C)n4)cc1n23. The van der Waals surface area contributed by atoms with Gasteiger partial charge in [-0.3, -0.25) is 13.9 Å². The molecule has 6 rings (SSSR count). The first-order chi connectivity index (χ1) is 17.5. The van der Waals surface area contributed by atoms with E-state index in [0.717, 1.165) is 16.9 Å². The molecule has 0 bridgehead atoms. The van der Waals surface area contributed by atoms with E-state index in [9.17, 15) is 9.18 Å². The second kappa shape index (κ2) is 8.52. The number of hydrogen-bond acceptors (Lipinski definition) is 7. The van der Waals surface area contributed by atoms with Gasteiger partial charge in [-0.15, -0.1) is 10.2 Å². The molecule has 36 heavy (non-hydrogen) atoms. The molecule has 0 spiro atoms. The molecule has 1 aromatic carbocycles. The molecule has 0 radical (unpaired) electrons. The van der Waals surface area contributed by atoms with Gasteiger partial charge in [0.15, 0.2) is 5.65 Å². The molecular weight excluding hydrogens is 461 g/mol.